The maximum absolute atomic E-state index is 9.36. The second-order valence-electron chi connectivity index (χ2n) is 6.69. The Morgan fingerprint density at radius 1 is 1.00 bits per heavy atom. The lowest BCUT2D eigenvalue weighted by Gasteiger charge is -2.42. The van der Waals surface area contributed by atoms with Gasteiger partial charge in [-0.2, -0.15) is 0 Å². The zero-order valence-electron chi connectivity index (χ0n) is 14.7. The fourth-order valence-electron chi connectivity index (χ4n) is 3.90. The number of likely N-dealkylation sites (tertiary alicyclic amines) is 1. The van der Waals surface area contributed by atoms with E-state index in [1.54, 1.807) is 0 Å². The molecule has 4 heteroatoms. The van der Waals surface area contributed by atoms with Crippen LogP contribution in [0.2, 0.25) is 0 Å². The molecule has 1 aliphatic rings. The van der Waals surface area contributed by atoms with Crippen LogP contribution in [0, 0.1) is 13.8 Å². The van der Waals surface area contributed by atoms with Crippen LogP contribution in [0.15, 0.2) is 36.7 Å². The van der Waals surface area contributed by atoms with E-state index in [2.05, 4.69) is 40.8 Å². The largest absolute Gasteiger partial charge is 0.396 e. The predicted octanol–water partition coefficient (Wildman–Crippen LogP) is 3.74. The average molecular weight is 325 g/mol. The van der Waals surface area contributed by atoms with Gasteiger partial charge in [0, 0.05) is 25.5 Å². The number of pyridine rings is 2. The van der Waals surface area contributed by atoms with E-state index in [0.29, 0.717) is 12.1 Å². The number of rotatable bonds is 5. The van der Waals surface area contributed by atoms with Crippen molar-refractivity contribution in [2.24, 2.45) is 0 Å². The van der Waals surface area contributed by atoms with E-state index in [4.69, 9.17) is 0 Å². The SMILES string of the molecule is Cc1cccnc1C1CCCC(c2ncccc2C)N1CCCO. The molecule has 0 saturated carbocycles. The Bertz CT molecular complexity index is 620. The first-order chi connectivity index (χ1) is 11.7. The van der Waals surface area contributed by atoms with Gasteiger partial charge in [0.1, 0.15) is 0 Å². The highest BCUT2D eigenvalue weighted by atomic mass is 16.3. The maximum Gasteiger partial charge on any atom is 0.0604 e. The molecule has 2 aromatic rings. The third-order valence-electron chi connectivity index (χ3n) is 5.06. The zero-order chi connectivity index (χ0) is 16.9. The lowest BCUT2D eigenvalue weighted by atomic mass is 9.88. The van der Waals surface area contributed by atoms with E-state index in [1.807, 2.05) is 24.5 Å². The number of aryl methyl sites for hydroxylation is 2. The first kappa shape index (κ1) is 17.1. The third-order valence-corrected chi connectivity index (χ3v) is 5.06. The molecule has 0 aliphatic carbocycles. The highest BCUT2D eigenvalue weighted by molar-refractivity contribution is 5.25. The molecule has 1 saturated heterocycles. The van der Waals surface area contributed by atoms with Crippen LogP contribution in [0.3, 0.4) is 0 Å². The van der Waals surface area contributed by atoms with Gasteiger partial charge in [0.2, 0.25) is 0 Å². The summed E-state index contributed by atoms with van der Waals surface area (Å²) in [5.41, 5.74) is 4.84. The van der Waals surface area contributed by atoms with Gasteiger partial charge in [0.05, 0.1) is 23.5 Å². The van der Waals surface area contributed by atoms with E-state index in [-0.39, 0.29) is 6.61 Å². The van der Waals surface area contributed by atoms with E-state index in [9.17, 15) is 5.11 Å². The quantitative estimate of drug-likeness (QED) is 0.910. The molecular weight excluding hydrogens is 298 g/mol. The number of nitrogens with zero attached hydrogens (tertiary/aromatic N) is 3. The molecular formula is C20H27N3O. The third kappa shape index (κ3) is 3.50. The minimum atomic E-state index is 0.221. The van der Waals surface area contributed by atoms with Gasteiger partial charge in [-0.3, -0.25) is 14.9 Å². The first-order valence-electron chi connectivity index (χ1n) is 8.92. The van der Waals surface area contributed by atoms with Crippen molar-refractivity contribution in [2.45, 2.75) is 51.6 Å². The number of aliphatic hydroxyl groups excluding tert-OH is 1. The molecule has 1 fully saturated rings. The molecule has 4 nitrogen and oxygen atoms in total. The summed E-state index contributed by atoms with van der Waals surface area (Å²) in [6.07, 6.45) is 7.98. The van der Waals surface area contributed by atoms with Gasteiger partial charge in [-0.15, -0.1) is 0 Å². The van der Waals surface area contributed by atoms with Crippen LogP contribution in [0.4, 0.5) is 0 Å². The number of aliphatic hydroxyl groups is 1. The van der Waals surface area contributed by atoms with Gasteiger partial charge < -0.3 is 5.11 Å². The summed E-state index contributed by atoms with van der Waals surface area (Å²) in [6.45, 7) is 5.38. The summed E-state index contributed by atoms with van der Waals surface area (Å²) in [4.78, 5) is 11.9. The highest BCUT2D eigenvalue weighted by Crippen LogP contribution is 2.41. The van der Waals surface area contributed by atoms with E-state index in [0.717, 1.165) is 25.8 Å². The van der Waals surface area contributed by atoms with Crippen LogP contribution in [0.1, 0.15) is 60.3 Å². The Balaban J connectivity index is 1.97. The molecule has 0 aromatic carbocycles. The molecule has 3 rings (SSSR count). The molecule has 2 atom stereocenters. The number of hydrogen-bond donors (Lipinski definition) is 1. The Kier molecular flexibility index (Phi) is 5.59. The fourth-order valence-corrected chi connectivity index (χ4v) is 3.90. The first-order valence-corrected chi connectivity index (χ1v) is 8.92. The van der Waals surface area contributed by atoms with E-state index < -0.39 is 0 Å². The Hall–Kier alpha value is -1.78. The molecule has 128 valence electrons. The van der Waals surface area contributed by atoms with Crippen molar-refractivity contribution in [3.63, 3.8) is 0 Å². The summed E-state index contributed by atoms with van der Waals surface area (Å²) in [5, 5.41) is 9.36. The molecule has 2 unspecified atom stereocenters. The highest BCUT2D eigenvalue weighted by Gasteiger charge is 2.34. The molecule has 0 radical (unpaired) electrons. The number of aromatic nitrogens is 2. The van der Waals surface area contributed by atoms with Gasteiger partial charge in [0.15, 0.2) is 0 Å². The standard InChI is InChI=1S/C20H27N3O/c1-15-7-4-11-21-19(15)17-9-3-10-18(23(17)13-6-14-24)20-16(2)8-5-12-22-20/h4-5,7-8,11-12,17-18,24H,3,6,9-10,13-14H2,1-2H3. The summed E-state index contributed by atoms with van der Waals surface area (Å²) in [6, 6.07) is 8.89. The molecule has 1 N–H and O–H groups in total. The zero-order valence-corrected chi connectivity index (χ0v) is 14.7. The molecule has 24 heavy (non-hydrogen) atoms. The topological polar surface area (TPSA) is 49.2 Å². The Morgan fingerprint density at radius 2 is 1.54 bits per heavy atom. The van der Waals surface area contributed by atoms with Crippen LogP contribution in [0.5, 0.6) is 0 Å². The maximum atomic E-state index is 9.36. The summed E-state index contributed by atoms with van der Waals surface area (Å²) in [7, 11) is 0. The van der Waals surface area contributed by atoms with Gasteiger partial charge in [-0.25, -0.2) is 0 Å². The monoisotopic (exact) mass is 325 g/mol. The smallest absolute Gasteiger partial charge is 0.0604 e. The summed E-state index contributed by atoms with van der Waals surface area (Å²) in [5.74, 6) is 0. The molecule has 0 spiro atoms. The minimum absolute atomic E-state index is 0.221. The van der Waals surface area contributed by atoms with Crippen molar-refractivity contribution in [3.05, 3.63) is 59.2 Å². The fraction of sp³-hybridized carbons (Fsp3) is 0.500. The Labute approximate surface area is 144 Å². The van der Waals surface area contributed by atoms with Crippen molar-refractivity contribution < 1.29 is 5.11 Å². The second-order valence-corrected chi connectivity index (χ2v) is 6.69. The number of piperidine rings is 1. The van der Waals surface area contributed by atoms with Crippen LogP contribution in [0.25, 0.3) is 0 Å². The van der Waals surface area contributed by atoms with E-state index in [1.165, 1.54) is 28.9 Å². The molecule has 1 aliphatic heterocycles. The summed E-state index contributed by atoms with van der Waals surface area (Å²) >= 11 is 0. The van der Waals surface area contributed by atoms with Crippen LogP contribution >= 0.6 is 0 Å². The normalized spacial score (nSPS) is 21.8. The molecule has 2 aromatic heterocycles. The second kappa shape index (κ2) is 7.86. The Morgan fingerprint density at radius 3 is 2.00 bits per heavy atom. The van der Waals surface area contributed by atoms with Gasteiger partial charge in [0.25, 0.3) is 0 Å². The molecule has 0 amide bonds. The average Bonchev–Trinajstić information content (AvgIpc) is 2.61. The van der Waals surface area contributed by atoms with Crippen LogP contribution in [-0.2, 0) is 0 Å². The number of hydrogen-bond acceptors (Lipinski definition) is 4. The van der Waals surface area contributed by atoms with Gasteiger partial charge in [-0.1, -0.05) is 12.1 Å². The van der Waals surface area contributed by atoms with Crippen molar-refractivity contribution >= 4 is 0 Å². The summed E-state index contributed by atoms with van der Waals surface area (Å²) < 4.78 is 0. The minimum Gasteiger partial charge on any atom is -0.396 e. The van der Waals surface area contributed by atoms with Crippen LogP contribution in [-0.4, -0.2) is 33.1 Å². The van der Waals surface area contributed by atoms with Gasteiger partial charge in [-0.05, 0) is 62.8 Å². The van der Waals surface area contributed by atoms with Crippen molar-refractivity contribution in [1.82, 2.24) is 14.9 Å². The van der Waals surface area contributed by atoms with Crippen LogP contribution < -0.4 is 0 Å². The molecule has 0 bridgehead atoms. The lowest BCUT2D eigenvalue weighted by molar-refractivity contribution is 0.0688. The lowest BCUT2D eigenvalue weighted by Crippen LogP contribution is -2.38. The van der Waals surface area contributed by atoms with E-state index >= 15 is 0 Å². The van der Waals surface area contributed by atoms with Crippen molar-refractivity contribution in [2.75, 3.05) is 13.2 Å². The van der Waals surface area contributed by atoms with Crippen molar-refractivity contribution in [3.8, 4) is 0 Å². The van der Waals surface area contributed by atoms with Gasteiger partial charge >= 0.3 is 0 Å². The van der Waals surface area contributed by atoms with Crippen molar-refractivity contribution in [1.29, 1.82) is 0 Å². The molecule has 3 heterocycles. The predicted molar refractivity (Wildman–Crippen MR) is 95.7 cm³/mol.